The van der Waals surface area contributed by atoms with E-state index in [4.69, 9.17) is 0 Å². The fourth-order valence-electron chi connectivity index (χ4n) is 1.78. The highest BCUT2D eigenvalue weighted by Gasteiger charge is 2.02. The van der Waals surface area contributed by atoms with Gasteiger partial charge in [0.2, 0.25) is 0 Å². The second-order valence-corrected chi connectivity index (χ2v) is 4.53. The summed E-state index contributed by atoms with van der Waals surface area (Å²) in [4.78, 5) is 12.9. The van der Waals surface area contributed by atoms with Crippen LogP contribution in [0.5, 0.6) is 0 Å². The molecule has 0 radical (unpaired) electrons. The van der Waals surface area contributed by atoms with Crippen molar-refractivity contribution in [3.63, 3.8) is 0 Å². The average Bonchev–Trinajstić information content (AvgIpc) is 2.24. The van der Waals surface area contributed by atoms with Crippen LogP contribution in [0.4, 0.5) is 4.39 Å². The highest BCUT2D eigenvalue weighted by atomic mass is 19.1. The number of hydrogen-bond donors (Lipinski definition) is 0. The van der Waals surface area contributed by atoms with Crippen LogP contribution in [-0.4, -0.2) is 24.3 Å². The zero-order valence-corrected chi connectivity index (χ0v) is 10.6. The van der Waals surface area contributed by atoms with Gasteiger partial charge in [0.25, 0.3) is 0 Å². The third-order valence-electron chi connectivity index (χ3n) is 2.66. The molecule has 0 aromatic heterocycles. The molecule has 0 saturated carbocycles. The molecule has 0 bridgehead atoms. The Labute approximate surface area is 102 Å². The second-order valence-electron chi connectivity index (χ2n) is 4.53. The Morgan fingerprint density at radius 1 is 1.35 bits per heavy atom. The first-order valence-electron chi connectivity index (χ1n) is 6.00. The molecule has 0 unspecified atom stereocenters. The maximum Gasteiger partial charge on any atom is 0.129 e. The van der Waals surface area contributed by atoms with E-state index >= 15 is 0 Å². The molecular weight excluding hydrogens is 217 g/mol. The van der Waals surface area contributed by atoms with Crippen molar-refractivity contribution in [1.82, 2.24) is 4.90 Å². The predicted octanol–water partition coefficient (Wildman–Crippen LogP) is 3.02. The standard InChI is InChI=1S/C14H20FNO/c1-12(17)6-3-4-9-16(2)11-13-7-5-8-14(15)10-13/h5,7-8,10H,3-4,6,9,11H2,1-2H3. The summed E-state index contributed by atoms with van der Waals surface area (Å²) < 4.78 is 13.0. The molecule has 0 fully saturated rings. The Bertz CT molecular complexity index is 365. The Balaban J connectivity index is 2.25. The summed E-state index contributed by atoms with van der Waals surface area (Å²) in [5.74, 6) is 0.0604. The molecule has 0 spiro atoms. The van der Waals surface area contributed by atoms with Crippen molar-refractivity contribution >= 4 is 5.78 Å². The van der Waals surface area contributed by atoms with E-state index in [1.165, 1.54) is 6.07 Å². The monoisotopic (exact) mass is 237 g/mol. The van der Waals surface area contributed by atoms with Gasteiger partial charge in [0, 0.05) is 13.0 Å². The summed E-state index contributed by atoms with van der Waals surface area (Å²) in [5, 5.41) is 0. The predicted molar refractivity (Wildman–Crippen MR) is 67.3 cm³/mol. The van der Waals surface area contributed by atoms with Crippen LogP contribution in [0.3, 0.4) is 0 Å². The zero-order chi connectivity index (χ0) is 12.7. The van der Waals surface area contributed by atoms with Gasteiger partial charge in [-0.2, -0.15) is 0 Å². The number of carbonyl (C=O) groups is 1. The van der Waals surface area contributed by atoms with Gasteiger partial charge < -0.3 is 9.69 Å². The van der Waals surface area contributed by atoms with Crippen molar-refractivity contribution in [3.05, 3.63) is 35.6 Å². The number of ketones is 1. The smallest absolute Gasteiger partial charge is 0.129 e. The number of hydrogen-bond acceptors (Lipinski definition) is 2. The Hall–Kier alpha value is -1.22. The molecule has 0 aliphatic rings. The van der Waals surface area contributed by atoms with Crippen LogP contribution in [0.1, 0.15) is 31.7 Å². The minimum atomic E-state index is -0.188. The summed E-state index contributed by atoms with van der Waals surface area (Å²) >= 11 is 0. The number of halogens is 1. The first-order valence-corrected chi connectivity index (χ1v) is 6.00. The van der Waals surface area contributed by atoms with Crippen molar-refractivity contribution in [1.29, 1.82) is 0 Å². The molecule has 94 valence electrons. The quantitative estimate of drug-likeness (QED) is 0.679. The van der Waals surface area contributed by atoms with Gasteiger partial charge >= 0.3 is 0 Å². The van der Waals surface area contributed by atoms with E-state index < -0.39 is 0 Å². The van der Waals surface area contributed by atoms with Crippen LogP contribution in [0.2, 0.25) is 0 Å². The molecule has 0 atom stereocenters. The molecule has 0 heterocycles. The van der Waals surface area contributed by atoms with Gasteiger partial charge in [-0.1, -0.05) is 12.1 Å². The lowest BCUT2D eigenvalue weighted by Gasteiger charge is -2.16. The van der Waals surface area contributed by atoms with Gasteiger partial charge in [-0.05, 0) is 51.1 Å². The lowest BCUT2D eigenvalue weighted by atomic mass is 10.1. The number of rotatable bonds is 7. The number of benzene rings is 1. The summed E-state index contributed by atoms with van der Waals surface area (Å²) in [6.45, 7) is 3.30. The van der Waals surface area contributed by atoms with E-state index in [0.29, 0.717) is 6.42 Å². The molecule has 17 heavy (non-hydrogen) atoms. The second kappa shape index (κ2) is 7.17. The van der Waals surface area contributed by atoms with E-state index in [1.807, 2.05) is 13.1 Å². The van der Waals surface area contributed by atoms with E-state index in [-0.39, 0.29) is 11.6 Å². The lowest BCUT2D eigenvalue weighted by molar-refractivity contribution is -0.117. The van der Waals surface area contributed by atoms with Crippen molar-refractivity contribution < 1.29 is 9.18 Å². The number of unbranched alkanes of at least 4 members (excludes halogenated alkanes) is 1. The van der Waals surface area contributed by atoms with Gasteiger partial charge in [0.05, 0.1) is 0 Å². The molecule has 2 nitrogen and oxygen atoms in total. The van der Waals surface area contributed by atoms with Gasteiger partial charge in [-0.15, -0.1) is 0 Å². The molecule has 0 amide bonds. The van der Waals surface area contributed by atoms with Gasteiger partial charge in [-0.3, -0.25) is 0 Å². The van der Waals surface area contributed by atoms with Crippen LogP contribution in [0, 0.1) is 5.82 Å². The van der Waals surface area contributed by atoms with Crippen molar-refractivity contribution in [2.45, 2.75) is 32.7 Å². The SMILES string of the molecule is CC(=O)CCCCN(C)Cc1cccc(F)c1. The molecular formula is C14H20FNO. The summed E-state index contributed by atoms with van der Waals surface area (Å²) in [5.41, 5.74) is 0.985. The van der Waals surface area contributed by atoms with E-state index in [9.17, 15) is 9.18 Å². The first kappa shape index (κ1) is 13.8. The van der Waals surface area contributed by atoms with Crippen molar-refractivity contribution in [2.75, 3.05) is 13.6 Å². The molecule has 0 saturated heterocycles. The Morgan fingerprint density at radius 3 is 2.76 bits per heavy atom. The fraction of sp³-hybridized carbons (Fsp3) is 0.500. The van der Waals surface area contributed by atoms with E-state index in [1.54, 1.807) is 19.1 Å². The Kier molecular flexibility index (Phi) is 5.84. The molecule has 0 aliphatic heterocycles. The van der Waals surface area contributed by atoms with Crippen LogP contribution in [-0.2, 0) is 11.3 Å². The average molecular weight is 237 g/mol. The van der Waals surface area contributed by atoms with Crippen LogP contribution in [0.15, 0.2) is 24.3 Å². The highest BCUT2D eigenvalue weighted by Crippen LogP contribution is 2.07. The summed E-state index contributed by atoms with van der Waals surface area (Å²) in [7, 11) is 2.01. The molecule has 3 heteroatoms. The Morgan fingerprint density at radius 2 is 2.12 bits per heavy atom. The van der Waals surface area contributed by atoms with Crippen LogP contribution >= 0.6 is 0 Å². The minimum absolute atomic E-state index is 0.188. The lowest BCUT2D eigenvalue weighted by Crippen LogP contribution is -2.19. The number of nitrogens with zero attached hydrogens (tertiary/aromatic N) is 1. The van der Waals surface area contributed by atoms with Crippen LogP contribution < -0.4 is 0 Å². The minimum Gasteiger partial charge on any atom is -0.302 e. The third-order valence-corrected chi connectivity index (χ3v) is 2.66. The maximum atomic E-state index is 13.0. The highest BCUT2D eigenvalue weighted by molar-refractivity contribution is 5.75. The maximum absolute atomic E-state index is 13.0. The van der Waals surface area contributed by atoms with Crippen molar-refractivity contribution in [2.24, 2.45) is 0 Å². The number of Topliss-reactive ketones (excluding diaryl/α,β-unsaturated/α-hetero) is 1. The topological polar surface area (TPSA) is 20.3 Å². The molecule has 1 rings (SSSR count). The molecule has 1 aromatic carbocycles. The first-order chi connectivity index (χ1) is 8.08. The van der Waals surface area contributed by atoms with Gasteiger partial charge in [0.15, 0.2) is 0 Å². The van der Waals surface area contributed by atoms with Crippen LogP contribution in [0.25, 0.3) is 0 Å². The summed E-state index contributed by atoms with van der Waals surface area (Å²) in [6.07, 6.45) is 2.60. The molecule has 0 N–H and O–H groups in total. The molecule has 0 aliphatic carbocycles. The van der Waals surface area contributed by atoms with E-state index in [2.05, 4.69) is 4.90 Å². The van der Waals surface area contributed by atoms with E-state index in [0.717, 1.165) is 31.5 Å². The normalized spacial score (nSPS) is 10.8. The largest absolute Gasteiger partial charge is 0.302 e. The van der Waals surface area contributed by atoms with Crippen molar-refractivity contribution in [3.8, 4) is 0 Å². The molecule has 1 aromatic rings. The zero-order valence-electron chi connectivity index (χ0n) is 10.6. The third kappa shape index (κ3) is 6.17. The summed E-state index contributed by atoms with van der Waals surface area (Å²) in [6, 6.07) is 6.67. The fourth-order valence-corrected chi connectivity index (χ4v) is 1.78. The number of carbonyl (C=O) groups excluding carboxylic acids is 1. The van der Waals surface area contributed by atoms with Gasteiger partial charge in [0.1, 0.15) is 11.6 Å². The van der Waals surface area contributed by atoms with Gasteiger partial charge in [-0.25, -0.2) is 4.39 Å².